The number of aromatic nitrogens is 4. The Morgan fingerprint density at radius 3 is 2.85 bits per heavy atom. The number of ketones is 1. The Hall–Kier alpha value is -1.92. The van der Waals surface area contributed by atoms with Gasteiger partial charge >= 0.3 is 0 Å². The predicted molar refractivity (Wildman–Crippen MR) is 77.3 cm³/mol. The zero-order chi connectivity index (χ0) is 13.9. The second kappa shape index (κ2) is 5.60. The van der Waals surface area contributed by atoms with E-state index in [4.69, 9.17) is 11.6 Å². The SMILES string of the molecule is O=C(CSc1nc2ncccn2n1)c1ccc(Cl)cc1. The lowest BCUT2D eigenvalue weighted by Crippen LogP contribution is -2.02. The number of rotatable bonds is 4. The highest BCUT2D eigenvalue weighted by Gasteiger charge is 2.10. The molecule has 0 amide bonds. The van der Waals surface area contributed by atoms with Crippen molar-refractivity contribution in [3.63, 3.8) is 0 Å². The van der Waals surface area contributed by atoms with E-state index < -0.39 is 0 Å². The van der Waals surface area contributed by atoms with Crippen LogP contribution in [0.2, 0.25) is 5.02 Å². The summed E-state index contributed by atoms with van der Waals surface area (Å²) in [5, 5.41) is 5.37. The van der Waals surface area contributed by atoms with Crippen LogP contribution in [0.5, 0.6) is 0 Å². The summed E-state index contributed by atoms with van der Waals surface area (Å²) in [4.78, 5) is 20.3. The number of fused-ring (bicyclic) bond motifs is 1. The Balaban J connectivity index is 1.69. The number of halogens is 1. The minimum absolute atomic E-state index is 0.0125. The van der Waals surface area contributed by atoms with Gasteiger partial charge in [0.1, 0.15) is 0 Å². The van der Waals surface area contributed by atoms with Gasteiger partial charge < -0.3 is 0 Å². The van der Waals surface area contributed by atoms with Gasteiger partial charge in [-0.2, -0.15) is 4.98 Å². The maximum atomic E-state index is 12.0. The van der Waals surface area contributed by atoms with Gasteiger partial charge in [0.25, 0.3) is 5.78 Å². The summed E-state index contributed by atoms with van der Waals surface area (Å²) in [5.74, 6) is 0.811. The number of hydrogen-bond donors (Lipinski definition) is 0. The standard InChI is InChI=1S/C13H9ClN4OS/c14-10-4-2-9(3-5-10)11(19)8-20-13-16-12-15-6-1-7-18(12)17-13/h1-7H,8H2. The maximum absolute atomic E-state index is 12.0. The highest BCUT2D eigenvalue weighted by molar-refractivity contribution is 7.99. The largest absolute Gasteiger partial charge is 0.293 e. The van der Waals surface area contributed by atoms with Crippen LogP contribution in [-0.2, 0) is 0 Å². The minimum atomic E-state index is 0.0125. The number of Topliss-reactive ketones (excluding diaryl/α,β-unsaturated/α-hetero) is 1. The van der Waals surface area contributed by atoms with Crippen LogP contribution in [0, 0.1) is 0 Å². The highest BCUT2D eigenvalue weighted by atomic mass is 35.5. The van der Waals surface area contributed by atoms with E-state index in [2.05, 4.69) is 15.1 Å². The lowest BCUT2D eigenvalue weighted by Gasteiger charge is -1.98. The van der Waals surface area contributed by atoms with Crippen molar-refractivity contribution in [1.29, 1.82) is 0 Å². The summed E-state index contributed by atoms with van der Waals surface area (Å²) in [7, 11) is 0. The third kappa shape index (κ3) is 2.81. The number of carbonyl (C=O) groups is 1. The van der Waals surface area contributed by atoms with Crippen molar-refractivity contribution in [3.8, 4) is 0 Å². The van der Waals surface area contributed by atoms with Crippen LogP contribution in [0.1, 0.15) is 10.4 Å². The minimum Gasteiger partial charge on any atom is -0.293 e. The lowest BCUT2D eigenvalue weighted by atomic mass is 10.1. The van der Waals surface area contributed by atoms with Gasteiger partial charge in [-0.15, -0.1) is 5.10 Å². The van der Waals surface area contributed by atoms with Gasteiger partial charge in [0.2, 0.25) is 5.16 Å². The molecule has 20 heavy (non-hydrogen) atoms. The third-order valence-electron chi connectivity index (χ3n) is 2.60. The van der Waals surface area contributed by atoms with Gasteiger partial charge in [-0.05, 0) is 30.3 Å². The van der Waals surface area contributed by atoms with Gasteiger partial charge in [0.15, 0.2) is 5.78 Å². The van der Waals surface area contributed by atoms with E-state index in [0.29, 0.717) is 21.5 Å². The normalized spacial score (nSPS) is 10.8. The van der Waals surface area contributed by atoms with Crippen LogP contribution >= 0.6 is 23.4 Å². The highest BCUT2D eigenvalue weighted by Crippen LogP contribution is 2.17. The first-order valence-corrected chi connectivity index (χ1v) is 7.18. The Kier molecular flexibility index (Phi) is 3.66. The Morgan fingerprint density at radius 2 is 2.10 bits per heavy atom. The summed E-state index contributed by atoms with van der Waals surface area (Å²) >= 11 is 7.08. The molecule has 0 aliphatic heterocycles. The van der Waals surface area contributed by atoms with E-state index in [0.717, 1.165) is 0 Å². The maximum Gasteiger partial charge on any atom is 0.253 e. The van der Waals surface area contributed by atoms with Crippen molar-refractivity contribution in [2.24, 2.45) is 0 Å². The number of carbonyl (C=O) groups excluding carboxylic acids is 1. The predicted octanol–water partition coefficient (Wildman–Crippen LogP) is 2.75. The zero-order valence-electron chi connectivity index (χ0n) is 10.2. The molecule has 0 saturated carbocycles. The molecule has 3 rings (SSSR count). The van der Waals surface area contributed by atoms with Gasteiger partial charge in [0.05, 0.1) is 5.75 Å². The van der Waals surface area contributed by atoms with Gasteiger partial charge in [-0.3, -0.25) is 4.79 Å². The summed E-state index contributed by atoms with van der Waals surface area (Å²) in [5.41, 5.74) is 0.629. The molecule has 0 aliphatic rings. The average Bonchev–Trinajstić information content (AvgIpc) is 2.88. The van der Waals surface area contributed by atoms with Crippen molar-refractivity contribution >= 4 is 34.9 Å². The molecule has 1 aromatic carbocycles. The molecule has 0 radical (unpaired) electrons. The van der Waals surface area contributed by atoms with E-state index in [9.17, 15) is 4.79 Å². The summed E-state index contributed by atoms with van der Waals surface area (Å²) in [6.45, 7) is 0. The fourth-order valence-electron chi connectivity index (χ4n) is 1.62. The molecule has 0 fully saturated rings. The number of thioether (sulfide) groups is 1. The van der Waals surface area contributed by atoms with E-state index in [-0.39, 0.29) is 11.5 Å². The fourth-order valence-corrected chi connectivity index (χ4v) is 2.47. The van der Waals surface area contributed by atoms with E-state index in [1.807, 2.05) is 0 Å². The van der Waals surface area contributed by atoms with Crippen LogP contribution in [0.25, 0.3) is 5.78 Å². The zero-order valence-corrected chi connectivity index (χ0v) is 11.8. The number of nitrogens with zero attached hydrogens (tertiary/aromatic N) is 4. The molecule has 0 saturated heterocycles. The van der Waals surface area contributed by atoms with E-state index >= 15 is 0 Å². The Bertz CT molecular complexity index is 723. The summed E-state index contributed by atoms with van der Waals surface area (Å²) < 4.78 is 1.58. The Labute approximate surface area is 124 Å². The second-order valence-corrected chi connectivity index (χ2v) is 5.36. The Morgan fingerprint density at radius 1 is 1.30 bits per heavy atom. The summed E-state index contributed by atoms with van der Waals surface area (Å²) in [6, 6.07) is 8.60. The molecule has 3 aromatic rings. The molecule has 0 bridgehead atoms. The fraction of sp³-hybridized carbons (Fsp3) is 0.0769. The van der Waals surface area contributed by atoms with Crippen molar-refractivity contribution in [1.82, 2.24) is 19.6 Å². The lowest BCUT2D eigenvalue weighted by molar-refractivity contribution is 0.102. The molecule has 0 atom stereocenters. The molecule has 0 aliphatic carbocycles. The first-order valence-electron chi connectivity index (χ1n) is 5.81. The van der Waals surface area contributed by atoms with Crippen molar-refractivity contribution in [3.05, 3.63) is 53.3 Å². The van der Waals surface area contributed by atoms with Crippen molar-refractivity contribution < 1.29 is 4.79 Å². The van der Waals surface area contributed by atoms with Crippen molar-refractivity contribution in [2.75, 3.05) is 5.75 Å². The average molecular weight is 305 g/mol. The van der Waals surface area contributed by atoms with Crippen LogP contribution < -0.4 is 0 Å². The number of hydrogen-bond acceptors (Lipinski definition) is 5. The smallest absolute Gasteiger partial charge is 0.253 e. The molecule has 0 unspecified atom stereocenters. The molecule has 5 nitrogen and oxygen atoms in total. The quantitative estimate of drug-likeness (QED) is 0.548. The molecule has 0 spiro atoms. The second-order valence-electron chi connectivity index (χ2n) is 3.98. The van der Waals surface area contributed by atoms with Crippen LogP contribution in [0.4, 0.5) is 0 Å². The van der Waals surface area contributed by atoms with Gasteiger partial charge in [-0.1, -0.05) is 23.4 Å². The topological polar surface area (TPSA) is 60.2 Å². The molecule has 100 valence electrons. The van der Waals surface area contributed by atoms with Crippen LogP contribution in [-0.4, -0.2) is 31.1 Å². The molecule has 0 N–H and O–H groups in total. The first-order chi connectivity index (χ1) is 9.72. The molecular weight excluding hydrogens is 296 g/mol. The summed E-state index contributed by atoms with van der Waals surface area (Å²) in [6.07, 6.45) is 3.41. The van der Waals surface area contributed by atoms with Crippen molar-refractivity contribution in [2.45, 2.75) is 5.16 Å². The monoisotopic (exact) mass is 304 g/mol. The molecule has 2 heterocycles. The first kappa shape index (κ1) is 13.1. The van der Waals surface area contributed by atoms with E-state index in [1.165, 1.54) is 11.8 Å². The molecular formula is C13H9ClN4OS. The van der Waals surface area contributed by atoms with Crippen LogP contribution in [0.3, 0.4) is 0 Å². The molecule has 2 aromatic heterocycles. The van der Waals surface area contributed by atoms with Gasteiger partial charge in [-0.25, -0.2) is 9.50 Å². The number of benzene rings is 1. The van der Waals surface area contributed by atoms with E-state index in [1.54, 1.807) is 47.2 Å². The van der Waals surface area contributed by atoms with Crippen LogP contribution in [0.15, 0.2) is 47.9 Å². The molecule has 7 heteroatoms. The third-order valence-corrected chi connectivity index (χ3v) is 3.69. The van der Waals surface area contributed by atoms with Gasteiger partial charge in [0, 0.05) is 23.0 Å².